The van der Waals surface area contributed by atoms with Crippen molar-refractivity contribution < 1.29 is 4.74 Å². The van der Waals surface area contributed by atoms with Crippen LogP contribution in [0.25, 0.3) is 0 Å². The van der Waals surface area contributed by atoms with Gasteiger partial charge >= 0.3 is 0 Å². The third kappa shape index (κ3) is 2.32. The maximum atomic E-state index is 5.58. The Morgan fingerprint density at radius 1 is 1.00 bits per heavy atom. The van der Waals surface area contributed by atoms with Gasteiger partial charge in [-0.25, -0.2) is 0 Å². The summed E-state index contributed by atoms with van der Waals surface area (Å²) in [6, 6.07) is 16.9. The van der Waals surface area contributed by atoms with Crippen LogP contribution in [0.2, 0.25) is 0 Å². The molecule has 1 nitrogen and oxygen atoms in total. The second-order valence-corrected chi connectivity index (χ2v) is 5.12. The molecule has 0 aromatic heterocycles. The lowest BCUT2D eigenvalue weighted by atomic mass is 10.2. The van der Waals surface area contributed by atoms with E-state index in [4.69, 9.17) is 4.74 Å². The molecule has 0 amide bonds. The summed E-state index contributed by atoms with van der Waals surface area (Å²) in [6.07, 6.45) is 1.05. The molecule has 0 saturated carbocycles. The molecule has 2 heteroatoms. The van der Waals surface area contributed by atoms with E-state index >= 15 is 0 Å². The van der Waals surface area contributed by atoms with Crippen molar-refractivity contribution in [1.82, 2.24) is 0 Å². The molecule has 86 valence electrons. The van der Waals surface area contributed by atoms with Gasteiger partial charge in [0.25, 0.3) is 0 Å². The van der Waals surface area contributed by atoms with E-state index in [2.05, 4.69) is 48.5 Å². The molecule has 0 saturated heterocycles. The minimum Gasteiger partial charge on any atom is -0.493 e. The van der Waals surface area contributed by atoms with Crippen molar-refractivity contribution in [2.24, 2.45) is 0 Å². The van der Waals surface area contributed by atoms with Gasteiger partial charge in [0.2, 0.25) is 0 Å². The Kier molecular flexibility index (Phi) is 3.06. The molecule has 2 aromatic rings. The number of thioether (sulfide) groups is 1. The Hall–Kier alpha value is -1.41. The van der Waals surface area contributed by atoms with Crippen LogP contribution in [0.4, 0.5) is 0 Å². The molecule has 0 atom stereocenters. The summed E-state index contributed by atoms with van der Waals surface area (Å²) in [4.78, 5) is 1.36. The Bertz CT molecular complexity index is 508. The molecule has 0 N–H and O–H groups in total. The smallest absolute Gasteiger partial charge is 0.123 e. The van der Waals surface area contributed by atoms with Crippen LogP contribution in [0.3, 0.4) is 0 Å². The Morgan fingerprint density at radius 2 is 1.88 bits per heavy atom. The fourth-order valence-corrected chi connectivity index (χ4v) is 3.13. The lowest BCUT2D eigenvalue weighted by Crippen LogP contribution is -1.86. The van der Waals surface area contributed by atoms with Gasteiger partial charge in [0, 0.05) is 22.6 Å². The number of ether oxygens (including phenoxy) is 1. The predicted octanol–water partition coefficient (Wildman–Crippen LogP) is 3.91. The molecule has 1 heterocycles. The van der Waals surface area contributed by atoms with Gasteiger partial charge in [-0.3, -0.25) is 0 Å². The van der Waals surface area contributed by atoms with Crippen LogP contribution in [0.5, 0.6) is 5.75 Å². The SMILES string of the molecule is c1ccc(CSc2cccc3c2CCO3)cc1. The van der Waals surface area contributed by atoms with E-state index in [0.717, 1.165) is 24.5 Å². The summed E-state index contributed by atoms with van der Waals surface area (Å²) in [6.45, 7) is 0.832. The Labute approximate surface area is 106 Å². The molecule has 0 bridgehead atoms. The third-order valence-corrected chi connectivity index (χ3v) is 4.11. The summed E-state index contributed by atoms with van der Waals surface area (Å²) >= 11 is 1.90. The van der Waals surface area contributed by atoms with Crippen molar-refractivity contribution >= 4 is 11.8 Å². The molecule has 3 rings (SSSR count). The first-order valence-corrected chi connectivity index (χ1v) is 6.83. The van der Waals surface area contributed by atoms with E-state index in [0.29, 0.717) is 0 Å². The van der Waals surface area contributed by atoms with Crippen LogP contribution in [0.1, 0.15) is 11.1 Å². The predicted molar refractivity (Wildman–Crippen MR) is 71.6 cm³/mol. The van der Waals surface area contributed by atoms with Gasteiger partial charge in [0.1, 0.15) is 5.75 Å². The van der Waals surface area contributed by atoms with Crippen molar-refractivity contribution in [1.29, 1.82) is 0 Å². The van der Waals surface area contributed by atoms with Gasteiger partial charge in [-0.2, -0.15) is 0 Å². The maximum absolute atomic E-state index is 5.58. The zero-order valence-corrected chi connectivity index (χ0v) is 10.4. The molecule has 0 unspecified atom stereocenters. The highest BCUT2D eigenvalue weighted by atomic mass is 32.2. The van der Waals surface area contributed by atoms with Crippen LogP contribution in [0.15, 0.2) is 53.4 Å². The molecule has 0 fully saturated rings. The van der Waals surface area contributed by atoms with Crippen molar-refractivity contribution in [2.45, 2.75) is 17.1 Å². The number of hydrogen-bond acceptors (Lipinski definition) is 2. The van der Waals surface area contributed by atoms with E-state index < -0.39 is 0 Å². The minimum atomic E-state index is 0.832. The first kappa shape index (κ1) is 10.7. The summed E-state index contributed by atoms with van der Waals surface area (Å²) in [5.74, 6) is 2.10. The fraction of sp³-hybridized carbons (Fsp3) is 0.200. The molecule has 1 aliphatic rings. The van der Waals surface area contributed by atoms with Gasteiger partial charge < -0.3 is 4.74 Å². The highest BCUT2D eigenvalue weighted by Crippen LogP contribution is 2.35. The summed E-state index contributed by atoms with van der Waals surface area (Å²) in [7, 11) is 0. The van der Waals surface area contributed by atoms with Crippen LogP contribution in [0, 0.1) is 0 Å². The second-order valence-electron chi connectivity index (χ2n) is 4.11. The van der Waals surface area contributed by atoms with E-state index in [1.165, 1.54) is 16.0 Å². The molecule has 0 spiro atoms. The molecule has 0 radical (unpaired) electrons. The van der Waals surface area contributed by atoms with Gasteiger partial charge in [-0.15, -0.1) is 11.8 Å². The molecule has 2 aromatic carbocycles. The lowest BCUT2D eigenvalue weighted by molar-refractivity contribution is 0.357. The zero-order valence-electron chi connectivity index (χ0n) is 9.56. The summed E-state index contributed by atoms with van der Waals surface area (Å²) in [5, 5.41) is 0. The fourth-order valence-electron chi connectivity index (χ4n) is 2.06. The first-order chi connectivity index (χ1) is 8.43. The first-order valence-electron chi connectivity index (χ1n) is 5.85. The lowest BCUT2D eigenvalue weighted by Gasteiger charge is -2.06. The van der Waals surface area contributed by atoms with Crippen molar-refractivity contribution in [3.63, 3.8) is 0 Å². The molecule has 17 heavy (non-hydrogen) atoms. The average Bonchev–Trinajstić information content (AvgIpc) is 2.86. The topological polar surface area (TPSA) is 9.23 Å². The zero-order chi connectivity index (χ0) is 11.5. The molecule has 0 aliphatic carbocycles. The average molecular weight is 242 g/mol. The second kappa shape index (κ2) is 4.84. The normalized spacial score (nSPS) is 13.2. The highest BCUT2D eigenvalue weighted by Gasteiger charge is 2.15. The summed E-state index contributed by atoms with van der Waals surface area (Å²) < 4.78 is 5.58. The van der Waals surface area contributed by atoms with Crippen LogP contribution in [-0.4, -0.2) is 6.61 Å². The largest absolute Gasteiger partial charge is 0.493 e. The molecular weight excluding hydrogens is 228 g/mol. The number of benzene rings is 2. The minimum absolute atomic E-state index is 0.832. The highest BCUT2D eigenvalue weighted by molar-refractivity contribution is 7.98. The Morgan fingerprint density at radius 3 is 2.76 bits per heavy atom. The molecule has 1 aliphatic heterocycles. The van der Waals surface area contributed by atoms with Crippen LogP contribution in [-0.2, 0) is 12.2 Å². The number of rotatable bonds is 3. The van der Waals surface area contributed by atoms with Gasteiger partial charge in [-0.1, -0.05) is 36.4 Å². The van der Waals surface area contributed by atoms with Crippen molar-refractivity contribution in [2.75, 3.05) is 6.61 Å². The van der Waals surface area contributed by atoms with Gasteiger partial charge in [0.15, 0.2) is 0 Å². The number of hydrogen-bond donors (Lipinski definition) is 0. The van der Waals surface area contributed by atoms with Crippen LogP contribution < -0.4 is 4.74 Å². The van der Waals surface area contributed by atoms with Gasteiger partial charge in [0.05, 0.1) is 6.61 Å². The van der Waals surface area contributed by atoms with Crippen molar-refractivity contribution in [3.8, 4) is 5.75 Å². The quantitative estimate of drug-likeness (QED) is 0.755. The van der Waals surface area contributed by atoms with E-state index in [1.54, 1.807) is 0 Å². The van der Waals surface area contributed by atoms with Crippen molar-refractivity contribution in [3.05, 3.63) is 59.7 Å². The maximum Gasteiger partial charge on any atom is 0.123 e. The van der Waals surface area contributed by atoms with E-state index in [1.807, 2.05) is 11.8 Å². The van der Waals surface area contributed by atoms with E-state index in [9.17, 15) is 0 Å². The Balaban J connectivity index is 1.76. The van der Waals surface area contributed by atoms with Gasteiger partial charge in [-0.05, 0) is 17.7 Å². The monoisotopic (exact) mass is 242 g/mol. The number of fused-ring (bicyclic) bond motifs is 1. The van der Waals surface area contributed by atoms with E-state index in [-0.39, 0.29) is 0 Å². The molecular formula is C15H14OS. The van der Waals surface area contributed by atoms with Crippen LogP contribution >= 0.6 is 11.8 Å². The summed E-state index contributed by atoms with van der Waals surface area (Å²) in [5.41, 5.74) is 2.75. The standard InChI is InChI=1S/C15H14OS/c1-2-5-12(6-3-1)11-17-15-8-4-7-14-13(15)9-10-16-14/h1-8H,9-11H2. The third-order valence-electron chi connectivity index (χ3n) is 2.94.